The Morgan fingerprint density at radius 2 is 2.10 bits per heavy atom. The molecular formula is C22H22N4OS3. The van der Waals surface area contributed by atoms with Gasteiger partial charge in [-0.25, -0.2) is 4.98 Å². The summed E-state index contributed by atoms with van der Waals surface area (Å²) in [7, 11) is 0. The Labute approximate surface area is 188 Å². The van der Waals surface area contributed by atoms with E-state index in [2.05, 4.69) is 68.8 Å². The lowest BCUT2D eigenvalue weighted by Crippen LogP contribution is -2.16. The fourth-order valence-electron chi connectivity index (χ4n) is 3.59. The maximum atomic E-state index is 5.89. The molecule has 154 valence electrons. The lowest BCUT2D eigenvalue weighted by Gasteiger charge is -2.14. The highest BCUT2D eigenvalue weighted by atomic mass is 32.2. The summed E-state index contributed by atoms with van der Waals surface area (Å²) in [6, 6.07) is 12.6. The third kappa shape index (κ3) is 4.23. The van der Waals surface area contributed by atoms with E-state index >= 15 is 0 Å². The molecule has 1 fully saturated rings. The van der Waals surface area contributed by atoms with E-state index in [0.717, 1.165) is 58.3 Å². The smallest absolute Gasteiger partial charge is 0.191 e. The molecule has 1 aliphatic rings. The number of thioether (sulfide) groups is 1. The van der Waals surface area contributed by atoms with Gasteiger partial charge in [0, 0.05) is 23.3 Å². The van der Waals surface area contributed by atoms with Gasteiger partial charge in [-0.3, -0.25) is 4.57 Å². The Bertz CT molecular complexity index is 1110. The zero-order valence-electron chi connectivity index (χ0n) is 16.7. The molecule has 1 saturated heterocycles. The first-order chi connectivity index (χ1) is 14.8. The van der Waals surface area contributed by atoms with Gasteiger partial charge in [0.05, 0.1) is 23.2 Å². The second kappa shape index (κ2) is 9.01. The maximum absolute atomic E-state index is 5.89. The van der Waals surface area contributed by atoms with Crippen LogP contribution in [0.2, 0.25) is 0 Å². The number of aryl methyl sites for hydroxylation is 1. The number of rotatable bonds is 7. The van der Waals surface area contributed by atoms with Gasteiger partial charge in [0.2, 0.25) is 0 Å². The van der Waals surface area contributed by atoms with Crippen LogP contribution in [0.4, 0.5) is 0 Å². The third-order valence-electron chi connectivity index (χ3n) is 5.14. The molecule has 5 nitrogen and oxygen atoms in total. The third-order valence-corrected chi connectivity index (χ3v) is 7.94. The predicted octanol–water partition coefficient (Wildman–Crippen LogP) is 5.91. The summed E-state index contributed by atoms with van der Waals surface area (Å²) in [4.78, 5) is 6.01. The van der Waals surface area contributed by atoms with Crippen molar-refractivity contribution in [1.82, 2.24) is 19.7 Å². The molecule has 30 heavy (non-hydrogen) atoms. The fraction of sp³-hybridized carbons (Fsp3) is 0.318. The van der Waals surface area contributed by atoms with Crippen LogP contribution in [0.3, 0.4) is 0 Å². The highest BCUT2D eigenvalue weighted by molar-refractivity contribution is 7.98. The van der Waals surface area contributed by atoms with Crippen LogP contribution >= 0.6 is 34.4 Å². The zero-order valence-corrected chi connectivity index (χ0v) is 19.1. The van der Waals surface area contributed by atoms with Crippen LogP contribution in [-0.2, 0) is 17.0 Å². The normalized spacial score (nSPS) is 16.4. The summed E-state index contributed by atoms with van der Waals surface area (Å²) >= 11 is 5.09. The minimum atomic E-state index is 0.242. The van der Waals surface area contributed by atoms with E-state index in [-0.39, 0.29) is 6.10 Å². The van der Waals surface area contributed by atoms with Crippen molar-refractivity contribution in [3.63, 3.8) is 0 Å². The molecule has 8 heteroatoms. The Morgan fingerprint density at radius 3 is 2.90 bits per heavy atom. The molecule has 0 bridgehead atoms. The topological polar surface area (TPSA) is 52.8 Å². The van der Waals surface area contributed by atoms with E-state index < -0.39 is 0 Å². The van der Waals surface area contributed by atoms with Gasteiger partial charge in [-0.05, 0) is 36.8 Å². The summed E-state index contributed by atoms with van der Waals surface area (Å²) in [6.45, 7) is 3.78. The molecule has 1 aliphatic heterocycles. The van der Waals surface area contributed by atoms with Crippen molar-refractivity contribution < 1.29 is 4.74 Å². The van der Waals surface area contributed by atoms with Gasteiger partial charge in [-0.2, -0.15) is 0 Å². The molecule has 3 aromatic heterocycles. The number of hydrogen-bond donors (Lipinski definition) is 0. The highest BCUT2D eigenvalue weighted by Gasteiger charge is 2.22. The number of hydrogen-bond acceptors (Lipinski definition) is 7. The monoisotopic (exact) mass is 454 g/mol. The molecule has 4 heterocycles. The van der Waals surface area contributed by atoms with Crippen molar-refractivity contribution >= 4 is 34.4 Å². The van der Waals surface area contributed by atoms with E-state index in [9.17, 15) is 0 Å². The Morgan fingerprint density at radius 1 is 1.17 bits per heavy atom. The minimum absolute atomic E-state index is 0.242. The summed E-state index contributed by atoms with van der Waals surface area (Å²) in [6.07, 6.45) is 2.47. The van der Waals surface area contributed by atoms with Crippen LogP contribution in [0, 0.1) is 6.92 Å². The lowest BCUT2D eigenvalue weighted by atomic mass is 10.1. The average Bonchev–Trinajstić information content (AvgIpc) is 3.55. The largest absolute Gasteiger partial charge is 0.376 e. The van der Waals surface area contributed by atoms with Gasteiger partial charge >= 0.3 is 0 Å². The molecule has 0 spiro atoms. The molecule has 0 amide bonds. The van der Waals surface area contributed by atoms with Gasteiger partial charge in [-0.1, -0.05) is 42.1 Å². The van der Waals surface area contributed by atoms with Crippen LogP contribution in [0.25, 0.3) is 21.3 Å². The molecule has 4 aromatic rings. The Hall–Kier alpha value is -2.00. The summed E-state index contributed by atoms with van der Waals surface area (Å²) < 4.78 is 8.11. The zero-order chi connectivity index (χ0) is 20.3. The number of nitrogens with zero attached hydrogens (tertiary/aromatic N) is 4. The number of ether oxygens (including phenoxy) is 1. The average molecular weight is 455 g/mol. The summed E-state index contributed by atoms with van der Waals surface area (Å²) in [5, 5.41) is 15.2. The summed E-state index contributed by atoms with van der Waals surface area (Å²) in [5.74, 6) is 1.71. The van der Waals surface area contributed by atoms with Gasteiger partial charge in [0.15, 0.2) is 11.0 Å². The van der Waals surface area contributed by atoms with Gasteiger partial charge < -0.3 is 4.74 Å². The lowest BCUT2D eigenvalue weighted by molar-refractivity contribution is 0.0953. The quantitative estimate of drug-likeness (QED) is 0.325. The first-order valence-corrected chi connectivity index (χ1v) is 12.7. The molecule has 0 radical (unpaired) electrons. The maximum Gasteiger partial charge on any atom is 0.191 e. The highest BCUT2D eigenvalue weighted by Crippen LogP contribution is 2.32. The first-order valence-electron chi connectivity index (χ1n) is 10.00. The van der Waals surface area contributed by atoms with Crippen molar-refractivity contribution in [3.8, 4) is 21.3 Å². The molecule has 0 unspecified atom stereocenters. The Balaban J connectivity index is 1.35. The molecule has 0 N–H and O–H groups in total. The molecular weight excluding hydrogens is 432 g/mol. The van der Waals surface area contributed by atoms with E-state index in [4.69, 9.17) is 9.72 Å². The second-order valence-corrected chi connectivity index (χ2v) is 10.0. The SMILES string of the molecule is Cc1ccccc1-c1nc(CSc2nnc(-c3cccs3)n2C[C@@H]2CCCO2)cs1. The first kappa shape index (κ1) is 19.9. The van der Waals surface area contributed by atoms with Crippen LogP contribution in [-0.4, -0.2) is 32.5 Å². The van der Waals surface area contributed by atoms with E-state index in [1.807, 2.05) is 0 Å². The Kier molecular flexibility index (Phi) is 5.99. The van der Waals surface area contributed by atoms with Crippen LogP contribution in [0.5, 0.6) is 0 Å². The van der Waals surface area contributed by atoms with E-state index in [0.29, 0.717) is 0 Å². The fourth-order valence-corrected chi connectivity index (χ4v) is 6.16. The minimum Gasteiger partial charge on any atom is -0.376 e. The van der Waals surface area contributed by atoms with Gasteiger partial charge in [0.1, 0.15) is 5.01 Å². The molecule has 0 saturated carbocycles. The van der Waals surface area contributed by atoms with E-state index in [1.54, 1.807) is 34.4 Å². The van der Waals surface area contributed by atoms with Crippen LogP contribution in [0.1, 0.15) is 24.1 Å². The van der Waals surface area contributed by atoms with Crippen molar-refractivity contribution in [1.29, 1.82) is 0 Å². The predicted molar refractivity (Wildman–Crippen MR) is 124 cm³/mol. The second-order valence-electron chi connectivity index (χ2n) is 7.28. The van der Waals surface area contributed by atoms with E-state index in [1.165, 1.54) is 11.1 Å². The van der Waals surface area contributed by atoms with Crippen LogP contribution < -0.4 is 0 Å². The van der Waals surface area contributed by atoms with Gasteiger partial charge in [-0.15, -0.1) is 32.9 Å². The van der Waals surface area contributed by atoms with Crippen LogP contribution in [0.15, 0.2) is 52.3 Å². The molecule has 1 aromatic carbocycles. The van der Waals surface area contributed by atoms with Crippen molar-refractivity contribution in [2.75, 3.05) is 6.61 Å². The number of aromatic nitrogens is 4. The number of benzene rings is 1. The number of thiophene rings is 1. The summed E-state index contributed by atoms with van der Waals surface area (Å²) in [5.41, 5.74) is 3.54. The van der Waals surface area contributed by atoms with Crippen molar-refractivity contribution in [2.24, 2.45) is 0 Å². The number of thiazole rings is 1. The molecule has 5 rings (SSSR count). The van der Waals surface area contributed by atoms with Gasteiger partial charge in [0.25, 0.3) is 0 Å². The van der Waals surface area contributed by atoms with Crippen molar-refractivity contribution in [3.05, 3.63) is 58.4 Å². The van der Waals surface area contributed by atoms with Crippen molar-refractivity contribution in [2.45, 2.75) is 43.3 Å². The molecule has 0 aliphatic carbocycles. The molecule has 1 atom stereocenters. The standard InChI is InChI=1S/C22H22N4OS3/c1-15-6-2-3-8-18(15)21-23-16(13-29-21)14-30-22-25-24-20(19-9-5-11-28-19)26(22)12-17-7-4-10-27-17/h2-3,5-6,8-9,11,13,17H,4,7,10,12,14H2,1H3/t17-/m0/s1.